The van der Waals surface area contributed by atoms with Gasteiger partial charge in [-0.25, -0.2) is 4.98 Å². The number of rotatable bonds is 3. The lowest BCUT2D eigenvalue weighted by Gasteiger charge is -2.29. The highest BCUT2D eigenvalue weighted by atomic mass is 35.5. The maximum Gasteiger partial charge on any atom is 0.107 e. The number of thiazole rings is 1. The lowest BCUT2D eigenvalue weighted by Crippen LogP contribution is -2.35. The molecule has 0 spiro atoms. The minimum Gasteiger partial charge on any atom is -0.295 e. The van der Waals surface area contributed by atoms with E-state index < -0.39 is 0 Å². The van der Waals surface area contributed by atoms with E-state index in [2.05, 4.69) is 33.9 Å². The smallest absolute Gasteiger partial charge is 0.107 e. The van der Waals surface area contributed by atoms with Gasteiger partial charge in [0, 0.05) is 29.5 Å². The lowest BCUT2D eigenvalue weighted by molar-refractivity contribution is 0.278. The third-order valence-electron chi connectivity index (χ3n) is 2.42. The number of aromatic nitrogens is 1. The summed E-state index contributed by atoms with van der Waals surface area (Å²) in [6.45, 7) is 5.65. The van der Waals surface area contributed by atoms with Crippen LogP contribution in [-0.2, 0) is 12.4 Å². The van der Waals surface area contributed by atoms with Gasteiger partial charge in [0.05, 0.1) is 18.1 Å². The van der Waals surface area contributed by atoms with Crippen LogP contribution >= 0.6 is 34.7 Å². The molecule has 1 aromatic rings. The molecule has 0 N–H and O–H groups in total. The van der Waals surface area contributed by atoms with Gasteiger partial charge in [-0.2, -0.15) is 11.8 Å². The van der Waals surface area contributed by atoms with E-state index in [-0.39, 0.29) is 0 Å². The molecular weight excluding hydrogens is 248 g/mol. The van der Waals surface area contributed by atoms with Crippen LogP contribution in [0.5, 0.6) is 0 Å². The Morgan fingerprint density at radius 2 is 2.53 bits per heavy atom. The van der Waals surface area contributed by atoms with Gasteiger partial charge in [-0.3, -0.25) is 4.90 Å². The average Bonchev–Trinajstić information content (AvgIpc) is 2.65. The first-order valence-electron chi connectivity index (χ1n) is 5.11. The summed E-state index contributed by atoms with van der Waals surface area (Å²) in [5.74, 6) is 1.78. The molecule has 1 unspecified atom stereocenters. The van der Waals surface area contributed by atoms with Crippen molar-refractivity contribution in [2.45, 2.75) is 24.6 Å². The van der Waals surface area contributed by atoms with E-state index in [0.717, 1.165) is 17.5 Å². The van der Waals surface area contributed by atoms with E-state index in [1.807, 2.05) is 0 Å². The second-order valence-corrected chi connectivity index (χ2v) is 6.54. The SMILES string of the molecule is CC1CN(Cc2nc(CCl)cs2)CCS1. The first-order valence-corrected chi connectivity index (χ1v) is 7.57. The third kappa shape index (κ3) is 3.34. The van der Waals surface area contributed by atoms with Crippen molar-refractivity contribution in [1.29, 1.82) is 0 Å². The molecule has 0 radical (unpaired) electrons. The summed E-state index contributed by atoms with van der Waals surface area (Å²) in [6, 6.07) is 0. The summed E-state index contributed by atoms with van der Waals surface area (Å²) >= 11 is 9.52. The van der Waals surface area contributed by atoms with Gasteiger partial charge >= 0.3 is 0 Å². The van der Waals surface area contributed by atoms with Crippen LogP contribution in [0.15, 0.2) is 5.38 Å². The Hall–Kier alpha value is 0.230. The molecule has 1 fully saturated rings. The van der Waals surface area contributed by atoms with Gasteiger partial charge in [0.25, 0.3) is 0 Å². The Morgan fingerprint density at radius 3 is 3.20 bits per heavy atom. The van der Waals surface area contributed by atoms with Gasteiger partial charge in [0.2, 0.25) is 0 Å². The monoisotopic (exact) mass is 262 g/mol. The molecular formula is C10H15ClN2S2. The third-order valence-corrected chi connectivity index (χ3v) is 4.71. The Morgan fingerprint density at radius 1 is 1.67 bits per heavy atom. The van der Waals surface area contributed by atoms with Crippen LogP contribution in [0.2, 0.25) is 0 Å². The van der Waals surface area contributed by atoms with Crippen LogP contribution in [0.3, 0.4) is 0 Å². The number of nitrogens with zero attached hydrogens (tertiary/aromatic N) is 2. The quantitative estimate of drug-likeness (QED) is 0.780. The first kappa shape index (κ1) is 11.7. The number of alkyl halides is 1. The van der Waals surface area contributed by atoms with E-state index in [1.165, 1.54) is 23.8 Å². The molecule has 1 atom stereocenters. The topological polar surface area (TPSA) is 16.1 Å². The highest BCUT2D eigenvalue weighted by molar-refractivity contribution is 7.99. The highest BCUT2D eigenvalue weighted by Crippen LogP contribution is 2.21. The van der Waals surface area contributed by atoms with Crippen LogP contribution < -0.4 is 0 Å². The van der Waals surface area contributed by atoms with Crippen molar-refractivity contribution < 1.29 is 0 Å². The van der Waals surface area contributed by atoms with E-state index in [4.69, 9.17) is 11.6 Å². The summed E-state index contributed by atoms with van der Waals surface area (Å²) in [7, 11) is 0. The minimum atomic E-state index is 0.531. The fourth-order valence-electron chi connectivity index (χ4n) is 1.71. The number of halogens is 1. The summed E-state index contributed by atoms with van der Waals surface area (Å²) in [5, 5.41) is 4.01. The minimum absolute atomic E-state index is 0.531. The average molecular weight is 263 g/mol. The largest absolute Gasteiger partial charge is 0.295 e. The van der Waals surface area contributed by atoms with E-state index in [1.54, 1.807) is 11.3 Å². The molecule has 0 aromatic carbocycles. The van der Waals surface area contributed by atoms with Crippen molar-refractivity contribution in [2.24, 2.45) is 0 Å². The highest BCUT2D eigenvalue weighted by Gasteiger charge is 2.17. The van der Waals surface area contributed by atoms with Crippen molar-refractivity contribution in [3.8, 4) is 0 Å². The van der Waals surface area contributed by atoms with Gasteiger partial charge in [-0.15, -0.1) is 22.9 Å². The molecule has 15 heavy (non-hydrogen) atoms. The van der Waals surface area contributed by atoms with E-state index >= 15 is 0 Å². The van der Waals surface area contributed by atoms with Crippen molar-refractivity contribution in [1.82, 2.24) is 9.88 Å². The van der Waals surface area contributed by atoms with Gasteiger partial charge < -0.3 is 0 Å². The fraction of sp³-hybridized carbons (Fsp3) is 0.700. The zero-order valence-electron chi connectivity index (χ0n) is 8.78. The Kier molecular flexibility index (Phi) is 4.31. The maximum absolute atomic E-state index is 5.73. The van der Waals surface area contributed by atoms with Crippen molar-refractivity contribution in [3.05, 3.63) is 16.1 Å². The predicted octanol–water partition coefficient (Wildman–Crippen LogP) is 2.82. The molecule has 5 heteroatoms. The molecule has 1 aliphatic heterocycles. The number of thioether (sulfide) groups is 1. The van der Waals surface area contributed by atoms with Crippen molar-refractivity contribution in [3.63, 3.8) is 0 Å². The summed E-state index contributed by atoms with van der Waals surface area (Å²) in [4.78, 5) is 6.97. The number of hydrogen-bond donors (Lipinski definition) is 0. The Bertz CT molecular complexity index is 316. The fourth-order valence-corrected chi connectivity index (χ4v) is 3.85. The van der Waals surface area contributed by atoms with E-state index in [9.17, 15) is 0 Å². The van der Waals surface area contributed by atoms with Crippen molar-refractivity contribution >= 4 is 34.7 Å². The van der Waals surface area contributed by atoms with Crippen molar-refractivity contribution in [2.75, 3.05) is 18.8 Å². The van der Waals surface area contributed by atoms with E-state index in [0.29, 0.717) is 5.88 Å². The van der Waals surface area contributed by atoms with Gasteiger partial charge in [0.15, 0.2) is 0 Å². The van der Waals surface area contributed by atoms with Crippen LogP contribution in [0.1, 0.15) is 17.6 Å². The molecule has 0 saturated carbocycles. The first-order chi connectivity index (χ1) is 7.28. The molecule has 2 heterocycles. The summed E-state index contributed by atoms with van der Waals surface area (Å²) in [6.07, 6.45) is 0. The van der Waals surface area contributed by atoms with Gasteiger partial charge in [-0.1, -0.05) is 6.92 Å². The second kappa shape index (κ2) is 5.53. The Labute approximate surface area is 104 Å². The van der Waals surface area contributed by atoms with Crippen LogP contribution in [0, 0.1) is 0 Å². The predicted molar refractivity (Wildman–Crippen MR) is 68.9 cm³/mol. The number of hydrogen-bond acceptors (Lipinski definition) is 4. The molecule has 0 bridgehead atoms. The standard InChI is InChI=1S/C10H15ClN2S2/c1-8-5-13(2-3-14-8)6-10-12-9(4-11)7-15-10/h7-8H,2-6H2,1H3. The van der Waals surface area contributed by atoms with Crippen LogP contribution in [0.4, 0.5) is 0 Å². The molecule has 1 aromatic heterocycles. The second-order valence-electron chi connectivity index (χ2n) is 3.78. The summed E-state index contributed by atoms with van der Waals surface area (Å²) < 4.78 is 0. The maximum atomic E-state index is 5.73. The molecule has 84 valence electrons. The molecule has 0 amide bonds. The Balaban J connectivity index is 1.90. The van der Waals surface area contributed by atoms with Gasteiger partial charge in [0.1, 0.15) is 5.01 Å². The zero-order chi connectivity index (χ0) is 10.7. The molecule has 2 rings (SSSR count). The molecule has 0 aliphatic carbocycles. The molecule has 2 nitrogen and oxygen atoms in total. The zero-order valence-corrected chi connectivity index (χ0v) is 11.2. The van der Waals surface area contributed by atoms with Crippen LogP contribution in [0.25, 0.3) is 0 Å². The normalized spacial score (nSPS) is 23.2. The molecule has 1 saturated heterocycles. The molecule has 1 aliphatic rings. The van der Waals surface area contributed by atoms with Gasteiger partial charge in [-0.05, 0) is 0 Å². The summed E-state index contributed by atoms with van der Waals surface area (Å²) in [5.41, 5.74) is 1.01. The van der Waals surface area contributed by atoms with Crippen LogP contribution in [-0.4, -0.2) is 34.0 Å². The lowest BCUT2D eigenvalue weighted by atomic mass is 10.4.